The zero-order valence-corrected chi connectivity index (χ0v) is 20.8. The van der Waals surface area contributed by atoms with Crippen LogP contribution in [0.15, 0.2) is 115 Å². The fraction of sp³-hybridized carbons (Fsp3) is 0.133. The van der Waals surface area contributed by atoms with Crippen molar-refractivity contribution in [1.82, 2.24) is 0 Å². The molecule has 0 aliphatic rings. The van der Waals surface area contributed by atoms with Crippen LogP contribution in [0.3, 0.4) is 0 Å². The molecule has 0 aliphatic carbocycles. The van der Waals surface area contributed by atoms with Gasteiger partial charge in [0.15, 0.2) is 0 Å². The van der Waals surface area contributed by atoms with Gasteiger partial charge in [0.25, 0.3) is 10.0 Å². The highest BCUT2D eigenvalue weighted by Crippen LogP contribution is 2.31. The fourth-order valence-electron chi connectivity index (χ4n) is 3.96. The Morgan fingerprint density at radius 3 is 2.56 bits per heavy atom. The smallest absolute Gasteiger partial charge is 0.261 e. The number of hydrogen-bond donors (Lipinski definition) is 2. The zero-order chi connectivity index (χ0) is 25.5. The van der Waals surface area contributed by atoms with Crippen molar-refractivity contribution in [3.05, 3.63) is 127 Å². The SMILES string of the molecule is C=CC(O)C(COc1c[c]ccc1)c1cccc(-c2cc(NS(=O)(=O)c3ccccc3)ccc2C)c1. The Hall–Kier alpha value is -3.87. The number of nitrogens with one attached hydrogen (secondary N) is 1. The summed E-state index contributed by atoms with van der Waals surface area (Å²) in [7, 11) is -3.71. The number of ether oxygens (including phenoxy) is 1. The molecule has 0 bridgehead atoms. The summed E-state index contributed by atoms with van der Waals surface area (Å²) in [5.74, 6) is 0.326. The maximum absolute atomic E-state index is 12.8. The van der Waals surface area contributed by atoms with Crippen LogP contribution in [-0.4, -0.2) is 26.2 Å². The van der Waals surface area contributed by atoms with Gasteiger partial charge in [0, 0.05) is 11.6 Å². The van der Waals surface area contributed by atoms with Gasteiger partial charge in [0.1, 0.15) is 5.75 Å². The molecule has 4 aromatic carbocycles. The lowest BCUT2D eigenvalue weighted by Gasteiger charge is -2.22. The summed E-state index contributed by atoms with van der Waals surface area (Å²) in [6, 6.07) is 31.8. The average Bonchev–Trinajstić information content (AvgIpc) is 2.91. The Balaban J connectivity index is 1.62. The molecule has 4 aromatic rings. The van der Waals surface area contributed by atoms with E-state index in [0.29, 0.717) is 11.4 Å². The van der Waals surface area contributed by atoms with E-state index >= 15 is 0 Å². The highest BCUT2D eigenvalue weighted by atomic mass is 32.2. The van der Waals surface area contributed by atoms with Crippen molar-refractivity contribution in [3.8, 4) is 16.9 Å². The summed E-state index contributed by atoms with van der Waals surface area (Å²) in [6.45, 7) is 5.98. The Kier molecular flexibility index (Phi) is 7.88. The van der Waals surface area contributed by atoms with E-state index in [0.717, 1.165) is 22.3 Å². The molecule has 0 spiro atoms. The van der Waals surface area contributed by atoms with Crippen LogP contribution in [0.5, 0.6) is 5.75 Å². The van der Waals surface area contributed by atoms with E-state index in [2.05, 4.69) is 17.4 Å². The number of anilines is 1. The summed E-state index contributed by atoms with van der Waals surface area (Å²) in [6.07, 6.45) is 0.695. The lowest BCUT2D eigenvalue weighted by molar-refractivity contribution is 0.151. The van der Waals surface area contributed by atoms with Crippen LogP contribution in [0, 0.1) is 13.0 Å². The average molecular weight is 499 g/mol. The lowest BCUT2D eigenvalue weighted by atomic mass is 9.90. The second kappa shape index (κ2) is 11.2. The normalized spacial score (nSPS) is 12.9. The van der Waals surface area contributed by atoms with Crippen LogP contribution in [-0.2, 0) is 10.0 Å². The van der Waals surface area contributed by atoms with E-state index in [1.54, 1.807) is 48.5 Å². The van der Waals surface area contributed by atoms with Crippen LogP contribution >= 0.6 is 0 Å². The van der Waals surface area contributed by atoms with Crippen molar-refractivity contribution < 1.29 is 18.3 Å². The predicted octanol–water partition coefficient (Wildman–Crippen LogP) is 5.97. The highest BCUT2D eigenvalue weighted by Gasteiger charge is 2.21. The Morgan fingerprint density at radius 2 is 1.83 bits per heavy atom. The van der Waals surface area contributed by atoms with Gasteiger partial charge in [-0.15, -0.1) is 6.58 Å². The molecule has 0 heterocycles. The van der Waals surface area contributed by atoms with Gasteiger partial charge in [-0.3, -0.25) is 4.72 Å². The first-order chi connectivity index (χ1) is 17.4. The minimum absolute atomic E-state index is 0.200. The third kappa shape index (κ3) is 6.03. The van der Waals surface area contributed by atoms with Crippen molar-refractivity contribution >= 4 is 15.7 Å². The summed E-state index contributed by atoms with van der Waals surface area (Å²) in [4.78, 5) is 0.200. The van der Waals surface area contributed by atoms with Crippen molar-refractivity contribution in [3.63, 3.8) is 0 Å². The van der Waals surface area contributed by atoms with Gasteiger partial charge in [0.2, 0.25) is 0 Å². The molecule has 4 rings (SSSR count). The zero-order valence-electron chi connectivity index (χ0n) is 20.0. The van der Waals surface area contributed by atoms with Gasteiger partial charge in [0.05, 0.1) is 17.6 Å². The molecule has 2 unspecified atom stereocenters. The molecule has 2 N–H and O–H groups in total. The maximum Gasteiger partial charge on any atom is 0.261 e. The summed E-state index contributed by atoms with van der Waals surface area (Å²) in [5, 5.41) is 10.7. The molecular formula is C30H28NO4S. The number of benzene rings is 4. The van der Waals surface area contributed by atoms with Gasteiger partial charge in [-0.2, -0.15) is 0 Å². The molecule has 0 saturated heterocycles. The van der Waals surface area contributed by atoms with Gasteiger partial charge in [-0.25, -0.2) is 8.42 Å². The van der Waals surface area contributed by atoms with Crippen molar-refractivity contribution in [1.29, 1.82) is 0 Å². The molecule has 0 aliphatic heterocycles. The van der Waals surface area contributed by atoms with Crippen LogP contribution in [0.2, 0.25) is 0 Å². The molecule has 5 nitrogen and oxygen atoms in total. The molecule has 1 radical (unpaired) electrons. The standard InChI is InChI=1S/C30H28NO4S/c1-3-30(32)29(21-35-26-13-6-4-7-14-26)24-12-10-11-23(19-24)28-20-25(18-17-22(28)2)31-36(33,34)27-15-8-5-9-16-27/h3-6,8-20,29-32H,1,21H2,2H3. The molecule has 2 atom stereocenters. The van der Waals surface area contributed by atoms with E-state index in [9.17, 15) is 13.5 Å². The van der Waals surface area contributed by atoms with Crippen LogP contribution in [0.1, 0.15) is 17.0 Å². The molecule has 0 fully saturated rings. The molecule has 0 aromatic heterocycles. The number of aliphatic hydroxyl groups excluding tert-OH is 1. The minimum Gasteiger partial charge on any atom is -0.493 e. The molecule has 0 saturated carbocycles. The van der Waals surface area contributed by atoms with E-state index < -0.39 is 16.1 Å². The van der Waals surface area contributed by atoms with Gasteiger partial charge in [-0.1, -0.05) is 66.7 Å². The second-order valence-corrected chi connectivity index (χ2v) is 10.1. The predicted molar refractivity (Wildman–Crippen MR) is 144 cm³/mol. The summed E-state index contributed by atoms with van der Waals surface area (Å²) >= 11 is 0. The number of aliphatic hydroxyl groups is 1. The topological polar surface area (TPSA) is 75.6 Å². The Morgan fingerprint density at radius 1 is 1.03 bits per heavy atom. The maximum atomic E-state index is 12.8. The largest absolute Gasteiger partial charge is 0.493 e. The van der Waals surface area contributed by atoms with E-state index in [4.69, 9.17) is 4.74 Å². The van der Waals surface area contributed by atoms with Crippen molar-refractivity contribution in [2.45, 2.75) is 23.8 Å². The van der Waals surface area contributed by atoms with E-state index in [1.165, 1.54) is 6.08 Å². The first kappa shape index (κ1) is 25.2. The van der Waals surface area contributed by atoms with Gasteiger partial charge >= 0.3 is 0 Å². The summed E-state index contributed by atoms with van der Waals surface area (Å²) < 4.78 is 34.2. The molecule has 6 heteroatoms. The summed E-state index contributed by atoms with van der Waals surface area (Å²) in [5.41, 5.74) is 4.13. The van der Waals surface area contributed by atoms with Crippen LogP contribution in [0.4, 0.5) is 5.69 Å². The molecule has 36 heavy (non-hydrogen) atoms. The molecular weight excluding hydrogens is 470 g/mol. The quantitative estimate of drug-likeness (QED) is 0.264. The first-order valence-electron chi connectivity index (χ1n) is 11.6. The fourth-order valence-corrected chi connectivity index (χ4v) is 5.03. The third-order valence-electron chi connectivity index (χ3n) is 5.93. The Bertz CT molecular complexity index is 1420. The van der Waals surface area contributed by atoms with Crippen LogP contribution < -0.4 is 9.46 Å². The first-order valence-corrected chi connectivity index (χ1v) is 13.0. The lowest BCUT2D eigenvalue weighted by Crippen LogP contribution is -2.22. The number of aryl methyl sites for hydroxylation is 1. The molecule has 0 amide bonds. The van der Waals surface area contributed by atoms with E-state index in [1.807, 2.05) is 55.5 Å². The second-order valence-electron chi connectivity index (χ2n) is 8.46. The van der Waals surface area contributed by atoms with Crippen LogP contribution in [0.25, 0.3) is 11.1 Å². The molecule has 183 valence electrons. The van der Waals surface area contributed by atoms with Crippen molar-refractivity contribution in [2.24, 2.45) is 0 Å². The third-order valence-corrected chi connectivity index (χ3v) is 7.33. The monoisotopic (exact) mass is 498 g/mol. The number of rotatable bonds is 10. The van der Waals surface area contributed by atoms with Gasteiger partial charge < -0.3 is 9.84 Å². The van der Waals surface area contributed by atoms with E-state index in [-0.39, 0.29) is 17.4 Å². The van der Waals surface area contributed by atoms with Crippen molar-refractivity contribution in [2.75, 3.05) is 11.3 Å². The van der Waals surface area contributed by atoms with Gasteiger partial charge in [-0.05, 0) is 71.6 Å². The minimum atomic E-state index is -3.71. The Labute approximate surface area is 212 Å². The highest BCUT2D eigenvalue weighted by molar-refractivity contribution is 7.92. The number of hydrogen-bond acceptors (Lipinski definition) is 4. The number of sulfonamides is 1.